The van der Waals surface area contributed by atoms with Crippen LogP contribution in [0.15, 0.2) is 24.3 Å². The number of nitrogens with zero attached hydrogens (tertiary/aromatic N) is 1. The van der Waals surface area contributed by atoms with Crippen molar-refractivity contribution in [3.63, 3.8) is 0 Å². The fraction of sp³-hybridized carbons (Fsp3) is 0.143. The number of hydrogen-bond acceptors (Lipinski definition) is 2. The van der Waals surface area contributed by atoms with Crippen molar-refractivity contribution < 1.29 is 9.31 Å². The summed E-state index contributed by atoms with van der Waals surface area (Å²) in [6, 6.07) is 5.69. The van der Waals surface area contributed by atoms with Gasteiger partial charge in [-0.3, -0.25) is 10.1 Å². The Labute approximate surface area is 76.5 Å². The van der Waals surface area contributed by atoms with E-state index in [1.54, 1.807) is 6.07 Å². The van der Waals surface area contributed by atoms with Gasteiger partial charge in [-0.1, -0.05) is 12.1 Å². The van der Waals surface area contributed by atoms with Crippen LogP contribution in [-0.2, 0) is 0 Å². The molecule has 1 rings (SSSR count). The van der Waals surface area contributed by atoms with Crippen molar-refractivity contribution in [3.05, 3.63) is 39.9 Å². The van der Waals surface area contributed by atoms with Crippen molar-refractivity contribution in [2.45, 2.75) is 5.08 Å². The van der Waals surface area contributed by atoms with Gasteiger partial charge in [0.25, 0.3) is 5.69 Å². The van der Waals surface area contributed by atoms with Gasteiger partial charge in [-0.2, -0.15) is 0 Å². The molecule has 0 fully saturated rings. The molecule has 0 aliphatic carbocycles. The van der Waals surface area contributed by atoms with Crippen LogP contribution in [0.1, 0.15) is 10.6 Å². The van der Waals surface area contributed by atoms with Crippen molar-refractivity contribution >= 4 is 21.6 Å². The lowest BCUT2D eigenvalue weighted by atomic mass is 10.2. The zero-order valence-electron chi connectivity index (χ0n) is 5.91. The summed E-state index contributed by atoms with van der Waals surface area (Å²) in [5.41, 5.74) is -0.163. The normalized spacial score (nSPS) is 12.5. The predicted octanol–water partition coefficient (Wildman–Crippen LogP) is 2.96. The molecule has 0 saturated carbocycles. The topological polar surface area (TPSA) is 43.1 Å². The lowest BCUT2D eigenvalue weighted by Gasteiger charge is -2.00. The number of halogens is 2. The second-order valence-corrected chi connectivity index (χ2v) is 2.92. The maximum Gasteiger partial charge on any atom is 0.276 e. The number of para-hydroxylation sites is 1. The summed E-state index contributed by atoms with van der Waals surface area (Å²) >= 11 is 2.63. The number of hydrogen-bond donors (Lipinski definition) is 0. The van der Waals surface area contributed by atoms with Crippen LogP contribution >= 0.6 is 15.9 Å². The molecular formula is C7H5BrFNO2. The average molecular weight is 234 g/mol. The SMILES string of the molecule is O=[N+]([O-])c1ccccc1C(F)Br. The Morgan fingerprint density at radius 2 is 2.08 bits per heavy atom. The third kappa shape index (κ3) is 1.79. The van der Waals surface area contributed by atoms with Crippen molar-refractivity contribution in [3.8, 4) is 0 Å². The van der Waals surface area contributed by atoms with Gasteiger partial charge < -0.3 is 0 Å². The van der Waals surface area contributed by atoms with Gasteiger partial charge in [0, 0.05) is 6.07 Å². The lowest BCUT2D eigenvalue weighted by molar-refractivity contribution is -0.385. The lowest BCUT2D eigenvalue weighted by Crippen LogP contribution is -1.93. The number of benzene rings is 1. The molecular weight excluding hydrogens is 229 g/mol. The number of rotatable bonds is 2. The molecule has 3 nitrogen and oxygen atoms in total. The highest BCUT2D eigenvalue weighted by Gasteiger charge is 2.17. The van der Waals surface area contributed by atoms with Gasteiger partial charge in [-0.15, -0.1) is 0 Å². The quantitative estimate of drug-likeness (QED) is 0.448. The average Bonchev–Trinajstić information content (AvgIpc) is 2.04. The maximum absolute atomic E-state index is 12.7. The Balaban J connectivity index is 3.17. The Kier molecular flexibility index (Phi) is 2.75. The summed E-state index contributed by atoms with van der Waals surface area (Å²) in [6.45, 7) is 0. The molecule has 1 aromatic carbocycles. The first-order chi connectivity index (χ1) is 5.63. The van der Waals surface area contributed by atoms with E-state index in [-0.39, 0.29) is 11.3 Å². The van der Waals surface area contributed by atoms with E-state index < -0.39 is 10.0 Å². The standard InChI is InChI=1S/C7H5BrFNO2/c8-7(9)5-3-1-2-4-6(5)10(11)12/h1-4,7H. The van der Waals surface area contributed by atoms with E-state index in [4.69, 9.17) is 0 Å². The van der Waals surface area contributed by atoms with Crippen LogP contribution in [0.5, 0.6) is 0 Å². The Morgan fingerprint density at radius 1 is 1.50 bits per heavy atom. The summed E-state index contributed by atoms with van der Waals surface area (Å²) in [7, 11) is 0. The first-order valence-corrected chi connectivity index (χ1v) is 4.06. The van der Waals surface area contributed by atoms with Crippen LogP contribution < -0.4 is 0 Å². The summed E-state index contributed by atoms with van der Waals surface area (Å²) in [5, 5.41) is 8.86. The molecule has 0 heterocycles. The van der Waals surface area contributed by atoms with Crippen LogP contribution in [-0.4, -0.2) is 4.92 Å². The number of alkyl halides is 2. The molecule has 12 heavy (non-hydrogen) atoms. The fourth-order valence-electron chi connectivity index (χ4n) is 0.838. The largest absolute Gasteiger partial charge is 0.276 e. The minimum absolute atomic E-state index is 0.0440. The van der Waals surface area contributed by atoms with Crippen molar-refractivity contribution in [1.29, 1.82) is 0 Å². The van der Waals surface area contributed by atoms with E-state index in [0.29, 0.717) is 0 Å². The zero-order valence-corrected chi connectivity index (χ0v) is 7.49. The minimum Gasteiger partial charge on any atom is -0.258 e. The predicted molar refractivity (Wildman–Crippen MR) is 45.9 cm³/mol. The molecule has 0 N–H and O–H groups in total. The van der Waals surface area contributed by atoms with Gasteiger partial charge in [-0.05, 0) is 22.0 Å². The Morgan fingerprint density at radius 3 is 2.50 bits per heavy atom. The fourth-order valence-corrected chi connectivity index (χ4v) is 1.23. The molecule has 0 saturated heterocycles. The molecule has 1 atom stereocenters. The van der Waals surface area contributed by atoms with Gasteiger partial charge in [0.05, 0.1) is 10.5 Å². The van der Waals surface area contributed by atoms with Crippen molar-refractivity contribution in [2.24, 2.45) is 0 Å². The Hall–Kier alpha value is -0.970. The second kappa shape index (κ2) is 3.62. The molecule has 1 aromatic rings. The number of nitro benzene ring substituents is 1. The summed E-state index contributed by atoms with van der Waals surface area (Å²) in [6.07, 6.45) is 0. The molecule has 0 aliphatic rings. The molecule has 5 heteroatoms. The highest BCUT2D eigenvalue weighted by molar-refractivity contribution is 9.09. The Bertz CT molecular complexity index is 303. The van der Waals surface area contributed by atoms with E-state index in [0.717, 1.165) is 0 Å². The molecule has 1 unspecified atom stereocenters. The van der Waals surface area contributed by atoms with Crippen LogP contribution in [0.2, 0.25) is 0 Å². The van der Waals surface area contributed by atoms with Gasteiger partial charge in [0.1, 0.15) is 0 Å². The van der Waals surface area contributed by atoms with Crippen LogP contribution in [0.3, 0.4) is 0 Å². The van der Waals surface area contributed by atoms with Crippen LogP contribution in [0, 0.1) is 10.1 Å². The van der Waals surface area contributed by atoms with Gasteiger partial charge >= 0.3 is 0 Å². The van der Waals surface area contributed by atoms with Crippen LogP contribution in [0.4, 0.5) is 10.1 Å². The van der Waals surface area contributed by atoms with E-state index in [1.807, 2.05) is 0 Å². The smallest absolute Gasteiger partial charge is 0.258 e. The third-order valence-corrected chi connectivity index (χ3v) is 1.86. The highest BCUT2D eigenvalue weighted by Crippen LogP contribution is 2.31. The second-order valence-electron chi connectivity index (χ2n) is 2.12. The summed E-state index contributed by atoms with van der Waals surface area (Å²) < 4.78 is 12.7. The minimum atomic E-state index is -1.49. The zero-order chi connectivity index (χ0) is 9.14. The van der Waals surface area contributed by atoms with Gasteiger partial charge in [-0.25, -0.2) is 4.39 Å². The summed E-state index contributed by atoms with van der Waals surface area (Å²) in [4.78, 5) is 9.74. The molecule has 0 aliphatic heterocycles. The monoisotopic (exact) mass is 233 g/mol. The molecule has 0 bridgehead atoms. The van der Waals surface area contributed by atoms with E-state index in [9.17, 15) is 14.5 Å². The first-order valence-electron chi connectivity index (χ1n) is 3.14. The van der Waals surface area contributed by atoms with E-state index in [2.05, 4.69) is 15.9 Å². The molecule has 64 valence electrons. The first kappa shape index (κ1) is 9.12. The van der Waals surface area contributed by atoms with Crippen molar-refractivity contribution in [2.75, 3.05) is 0 Å². The molecule has 0 aromatic heterocycles. The van der Waals surface area contributed by atoms with Crippen molar-refractivity contribution in [1.82, 2.24) is 0 Å². The van der Waals surface area contributed by atoms with Gasteiger partial charge in [0.2, 0.25) is 0 Å². The molecule has 0 radical (unpaired) electrons. The summed E-state index contributed by atoms with van der Waals surface area (Å²) in [5.74, 6) is 0. The van der Waals surface area contributed by atoms with E-state index in [1.165, 1.54) is 18.2 Å². The highest BCUT2D eigenvalue weighted by atomic mass is 79.9. The van der Waals surface area contributed by atoms with Gasteiger partial charge in [0.15, 0.2) is 5.08 Å². The molecule has 0 amide bonds. The van der Waals surface area contributed by atoms with Crippen LogP contribution in [0.25, 0.3) is 0 Å². The van der Waals surface area contributed by atoms with E-state index >= 15 is 0 Å². The number of nitro groups is 1. The molecule has 0 spiro atoms. The maximum atomic E-state index is 12.7. The third-order valence-electron chi connectivity index (χ3n) is 1.37.